The summed E-state index contributed by atoms with van der Waals surface area (Å²) in [5.74, 6) is -0.304. The number of aliphatic hydroxyl groups is 3. The lowest BCUT2D eigenvalue weighted by atomic mass is 9.41. The third-order valence-electron chi connectivity index (χ3n) is 9.85. The molecule has 6 heteroatoms. The Morgan fingerprint density at radius 3 is 2.52 bits per heavy atom. The summed E-state index contributed by atoms with van der Waals surface area (Å²) in [6, 6.07) is 0. The van der Waals surface area contributed by atoms with Crippen molar-refractivity contribution in [3.05, 3.63) is 11.6 Å². The van der Waals surface area contributed by atoms with Crippen LogP contribution in [0, 0.1) is 28.6 Å². The minimum Gasteiger partial charge on any atom is -0.458 e. The molecular weight excluding hydrogens is 372 g/mol. The van der Waals surface area contributed by atoms with Crippen LogP contribution < -0.4 is 0 Å². The van der Waals surface area contributed by atoms with Gasteiger partial charge in [0.05, 0.1) is 22.7 Å². The fourth-order valence-electron chi connectivity index (χ4n) is 8.34. The summed E-state index contributed by atoms with van der Waals surface area (Å²) in [5, 5.41) is 33.7. The van der Waals surface area contributed by atoms with Crippen LogP contribution in [-0.4, -0.2) is 51.5 Å². The Kier molecular flexibility index (Phi) is 4.18. The third-order valence-corrected chi connectivity index (χ3v) is 9.85. The van der Waals surface area contributed by atoms with Crippen LogP contribution >= 0.6 is 0 Å². The standard InChI is InChI=1S/C23H32O6/c1-20-6-3-17-18(4-8-22(27)11-15(25)2-7-21(17,22)13-24)23(20,28)9-5-16(20)14-10-19(26)29-12-14/h10,13,15-18,25,27-28H,2-9,11-12H2,1H3/t15-,16+,17+,18-,20-,21+,22+,23-/m1/s1. The number of ether oxygens (including phenoxy) is 1. The Balaban J connectivity index is 1.52. The molecule has 29 heavy (non-hydrogen) atoms. The second kappa shape index (κ2) is 6.14. The zero-order valence-corrected chi connectivity index (χ0v) is 17.1. The maximum Gasteiger partial charge on any atom is 0.331 e. The molecule has 0 aromatic carbocycles. The van der Waals surface area contributed by atoms with Gasteiger partial charge >= 0.3 is 5.97 Å². The van der Waals surface area contributed by atoms with Crippen LogP contribution in [-0.2, 0) is 14.3 Å². The minimum atomic E-state index is -1.18. The first-order chi connectivity index (χ1) is 13.7. The first kappa shape index (κ1) is 19.7. The van der Waals surface area contributed by atoms with Crippen LogP contribution in [0.4, 0.5) is 0 Å². The molecule has 4 saturated carbocycles. The normalized spacial score (nSPS) is 54.1. The number of carbonyl (C=O) groups excluding carboxylic acids is 2. The number of carbonyl (C=O) groups is 2. The largest absolute Gasteiger partial charge is 0.458 e. The second-order valence-corrected chi connectivity index (χ2v) is 10.6. The van der Waals surface area contributed by atoms with Gasteiger partial charge in [-0.2, -0.15) is 0 Å². The van der Waals surface area contributed by atoms with E-state index in [0.717, 1.165) is 31.1 Å². The van der Waals surface area contributed by atoms with E-state index in [2.05, 4.69) is 6.92 Å². The number of hydrogen-bond acceptors (Lipinski definition) is 6. The Hall–Kier alpha value is -1.24. The Morgan fingerprint density at radius 2 is 1.83 bits per heavy atom. The lowest BCUT2D eigenvalue weighted by molar-refractivity contribution is -0.248. The van der Waals surface area contributed by atoms with Gasteiger partial charge in [-0.3, -0.25) is 0 Å². The number of hydrogen-bond donors (Lipinski definition) is 3. The van der Waals surface area contributed by atoms with Crippen LogP contribution in [0.15, 0.2) is 11.6 Å². The summed E-state index contributed by atoms with van der Waals surface area (Å²) >= 11 is 0. The van der Waals surface area contributed by atoms with Crippen molar-refractivity contribution < 1.29 is 29.6 Å². The maximum absolute atomic E-state index is 12.5. The fourth-order valence-corrected chi connectivity index (χ4v) is 8.34. The van der Waals surface area contributed by atoms with Gasteiger partial charge in [0.2, 0.25) is 0 Å². The molecule has 0 bridgehead atoms. The Morgan fingerprint density at radius 1 is 1.07 bits per heavy atom. The van der Waals surface area contributed by atoms with E-state index >= 15 is 0 Å². The maximum atomic E-state index is 12.5. The van der Waals surface area contributed by atoms with Gasteiger partial charge in [-0.1, -0.05) is 6.92 Å². The summed E-state index contributed by atoms with van der Waals surface area (Å²) in [6.07, 6.45) is 7.36. The number of esters is 1. The summed E-state index contributed by atoms with van der Waals surface area (Å²) in [6.45, 7) is 2.46. The molecule has 6 nitrogen and oxygen atoms in total. The molecule has 160 valence electrons. The first-order valence-electron chi connectivity index (χ1n) is 11.2. The van der Waals surface area contributed by atoms with E-state index in [1.54, 1.807) is 6.08 Å². The van der Waals surface area contributed by atoms with E-state index in [1.165, 1.54) is 0 Å². The van der Waals surface area contributed by atoms with E-state index < -0.39 is 22.7 Å². The van der Waals surface area contributed by atoms with Crippen molar-refractivity contribution in [1.82, 2.24) is 0 Å². The molecule has 4 fully saturated rings. The van der Waals surface area contributed by atoms with Crippen molar-refractivity contribution in [2.45, 2.75) is 82.0 Å². The smallest absolute Gasteiger partial charge is 0.331 e. The first-order valence-corrected chi connectivity index (χ1v) is 11.2. The number of cyclic esters (lactones) is 1. The summed E-state index contributed by atoms with van der Waals surface area (Å²) in [4.78, 5) is 24.1. The molecule has 5 rings (SSSR count). The van der Waals surface area contributed by atoms with Crippen molar-refractivity contribution in [1.29, 1.82) is 0 Å². The van der Waals surface area contributed by atoms with Gasteiger partial charge in [-0.05, 0) is 74.7 Å². The van der Waals surface area contributed by atoms with Gasteiger partial charge in [0.25, 0.3) is 0 Å². The molecule has 0 spiro atoms. The van der Waals surface area contributed by atoms with Crippen LogP contribution in [0.5, 0.6) is 0 Å². The highest BCUT2D eigenvalue weighted by molar-refractivity contribution is 5.85. The molecule has 8 atom stereocenters. The molecule has 3 N–H and O–H groups in total. The number of rotatable bonds is 2. The molecule has 1 aliphatic heterocycles. The Bertz CT molecular complexity index is 777. The number of aldehydes is 1. The van der Waals surface area contributed by atoms with Gasteiger partial charge in [-0.15, -0.1) is 0 Å². The van der Waals surface area contributed by atoms with Crippen molar-refractivity contribution in [2.24, 2.45) is 28.6 Å². The molecule has 0 amide bonds. The monoisotopic (exact) mass is 404 g/mol. The van der Waals surface area contributed by atoms with Gasteiger partial charge in [0, 0.05) is 17.9 Å². The highest BCUT2D eigenvalue weighted by atomic mass is 16.5. The van der Waals surface area contributed by atoms with E-state index in [-0.39, 0.29) is 35.6 Å². The predicted molar refractivity (Wildman–Crippen MR) is 104 cm³/mol. The van der Waals surface area contributed by atoms with E-state index in [1.807, 2.05) is 0 Å². The highest BCUT2D eigenvalue weighted by Gasteiger charge is 2.71. The molecule has 0 aromatic heterocycles. The average molecular weight is 405 g/mol. The van der Waals surface area contributed by atoms with E-state index in [4.69, 9.17) is 4.74 Å². The van der Waals surface area contributed by atoms with Crippen molar-refractivity contribution in [3.63, 3.8) is 0 Å². The topological polar surface area (TPSA) is 104 Å². The van der Waals surface area contributed by atoms with Crippen LogP contribution in [0.1, 0.15) is 64.7 Å². The Labute approximate surface area is 171 Å². The molecule has 0 radical (unpaired) electrons. The third kappa shape index (κ3) is 2.34. The number of fused-ring (bicyclic) bond motifs is 5. The van der Waals surface area contributed by atoms with Crippen LogP contribution in [0.2, 0.25) is 0 Å². The lowest BCUT2D eigenvalue weighted by Gasteiger charge is -2.65. The SMILES string of the molecule is C[C@]12CC[C@H]3[C@@H](CC[C@]4(O)C[C@H](O)CC[C@]34C=O)[C@]1(O)CC[C@H]2C1=CC(=O)OC1. The highest BCUT2D eigenvalue weighted by Crippen LogP contribution is 2.70. The van der Waals surface area contributed by atoms with Crippen LogP contribution in [0.25, 0.3) is 0 Å². The zero-order valence-electron chi connectivity index (χ0n) is 17.1. The lowest BCUT2D eigenvalue weighted by Crippen LogP contribution is -2.68. The van der Waals surface area contributed by atoms with Crippen molar-refractivity contribution >= 4 is 12.3 Å². The molecule has 1 heterocycles. The zero-order chi connectivity index (χ0) is 20.7. The van der Waals surface area contributed by atoms with Gasteiger partial charge in [0.1, 0.15) is 12.9 Å². The van der Waals surface area contributed by atoms with E-state index in [9.17, 15) is 24.9 Å². The second-order valence-electron chi connectivity index (χ2n) is 10.6. The molecular formula is C23H32O6. The van der Waals surface area contributed by atoms with Crippen LogP contribution in [0.3, 0.4) is 0 Å². The van der Waals surface area contributed by atoms with E-state index in [0.29, 0.717) is 38.7 Å². The summed E-state index contributed by atoms with van der Waals surface area (Å²) in [5.41, 5.74) is -2.34. The molecule has 0 saturated heterocycles. The average Bonchev–Trinajstić information content (AvgIpc) is 3.21. The van der Waals surface area contributed by atoms with Gasteiger partial charge < -0.3 is 24.9 Å². The van der Waals surface area contributed by atoms with Gasteiger partial charge in [0.15, 0.2) is 0 Å². The van der Waals surface area contributed by atoms with Gasteiger partial charge in [-0.25, -0.2) is 4.79 Å². The molecule has 0 unspecified atom stereocenters. The molecule has 5 aliphatic rings. The van der Waals surface area contributed by atoms with Crippen molar-refractivity contribution in [2.75, 3.05) is 6.61 Å². The number of aliphatic hydroxyl groups excluding tert-OH is 1. The summed E-state index contributed by atoms with van der Waals surface area (Å²) < 4.78 is 5.15. The predicted octanol–water partition coefficient (Wildman–Crippen LogP) is 1.90. The van der Waals surface area contributed by atoms with Crippen molar-refractivity contribution in [3.8, 4) is 0 Å². The minimum absolute atomic E-state index is 0.0504. The molecule has 4 aliphatic carbocycles. The fraction of sp³-hybridized carbons (Fsp3) is 0.826. The summed E-state index contributed by atoms with van der Waals surface area (Å²) in [7, 11) is 0. The quantitative estimate of drug-likeness (QED) is 0.480. The molecule has 0 aromatic rings.